The van der Waals surface area contributed by atoms with Crippen LogP contribution < -0.4 is 4.74 Å². The Kier molecular flexibility index (Phi) is 4.95. The van der Waals surface area contributed by atoms with Crippen LogP contribution in [-0.4, -0.2) is 12.8 Å². The molecule has 0 heterocycles. The van der Waals surface area contributed by atoms with E-state index in [1.165, 1.54) is 22.3 Å². The Hall–Kier alpha value is -2.61. The van der Waals surface area contributed by atoms with Crippen molar-refractivity contribution in [2.75, 3.05) is 7.11 Å². The van der Waals surface area contributed by atoms with Gasteiger partial charge in [0, 0.05) is 12.0 Å². The van der Waals surface area contributed by atoms with Gasteiger partial charge in [-0.2, -0.15) is 0 Å². The van der Waals surface area contributed by atoms with Crippen molar-refractivity contribution in [1.82, 2.24) is 0 Å². The number of benzene rings is 2. The first-order valence-electron chi connectivity index (χ1n) is 8.30. The molecular formula is C22H23NO. The third kappa shape index (κ3) is 3.65. The van der Waals surface area contributed by atoms with Crippen molar-refractivity contribution in [2.24, 2.45) is 4.99 Å². The molecule has 0 spiro atoms. The Bertz CT molecular complexity index is 790. The summed E-state index contributed by atoms with van der Waals surface area (Å²) in [5, 5.41) is 0. The van der Waals surface area contributed by atoms with Crippen molar-refractivity contribution in [1.29, 1.82) is 0 Å². The number of ether oxygens (including phenoxy) is 1. The minimum Gasteiger partial charge on any atom is -0.497 e. The summed E-state index contributed by atoms with van der Waals surface area (Å²) in [6, 6.07) is 14.4. The van der Waals surface area contributed by atoms with Gasteiger partial charge >= 0.3 is 0 Å². The van der Waals surface area contributed by atoms with Gasteiger partial charge < -0.3 is 4.74 Å². The molecular weight excluding hydrogens is 294 g/mol. The highest BCUT2D eigenvalue weighted by Gasteiger charge is 2.13. The number of aryl methyl sites for hydroxylation is 2. The van der Waals surface area contributed by atoms with Crippen LogP contribution in [0, 0.1) is 13.8 Å². The molecule has 0 N–H and O–H groups in total. The van der Waals surface area contributed by atoms with Crippen molar-refractivity contribution in [3.8, 4) is 5.75 Å². The molecule has 2 aromatic carbocycles. The number of rotatable bonds is 5. The Morgan fingerprint density at radius 2 is 1.75 bits per heavy atom. The number of aliphatic imine (C=N–C) groups is 1. The minimum atomic E-state index is 0.852. The van der Waals surface area contributed by atoms with E-state index < -0.39 is 0 Å². The second-order valence-corrected chi connectivity index (χ2v) is 6.16. The van der Waals surface area contributed by atoms with Gasteiger partial charge in [0.25, 0.3) is 0 Å². The summed E-state index contributed by atoms with van der Waals surface area (Å²) in [7, 11) is 1.68. The molecule has 2 heteroatoms. The average molecular weight is 317 g/mol. The fraction of sp³-hybridized carbons (Fsp3) is 0.227. The molecule has 0 aliphatic heterocycles. The van der Waals surface area contributed by atoms with Gasteiger partial charge in [-0.05, 0) is 55.7 Å². The lowest BCUT2D eigenvalue weighted by Gasteiger charge is -2.14. The lowest BCUT2D eigenvalue weighted by atomic mass is 9.94. The molecule has 2 nitrogen and oxygen atoms in total. The first-order chi connectivity index (χ1) is 11.7. The molecule has 0 radical (unpaired) electrons. The van der Waals surface area contributed by atoms with E-state index in [2.05, 4.69) is 50.3 Å². The molecule has 0 aromatic heterocycles. The van der Waals surface area contributed by atoms with Crippen LogP contribution >= 0.6 is 0 Å². The summed E-state index contributed by atoms with van der Waals surface area (Å²) in [6.45, 7) is 4.32. The van der Waals surface area contributed by atoms with Gasteiger partial charge in [0.1, 0.15) is 5.75 Å². The highest BCUT2D eigenvalue weighted by molar-refractivity contribution is 6.05. The molecule has 1 aliphatic carbocycles. The van der Waals surface area contributed by atoms with E-state index in [9.17, 15) is 0 Å². The van der Waals surface area contributed by atoms with Gasteiger partial charge in [0.05, 0.1) is 18.5 Å². The van der Waals surface area contributed by atoms with Crippen LogP contribution in [0.2, 0.25) is 0 Å². The lowest BCUT2D eigenvalue weighted by molar-refractivity contribution is 0.415. The molecule has 0 fully saturated rings. The fourth-order valence-electron chi connectivity index (χ4n) is 3.10. The summed E-state index contributed by atoms with van der Waals surface area (Å²) in [4.78, 5) is 4.98. The summed E-state index contributed by atoms with van der Waals surface area (Å²) in [5.41, 5.74) is 7.30. The van der Waals surface area contributed by atoms with Gasteiger partial charge in [-0.25, -0.2) is 0 Å². The SMILES string of the molecule is COc1ccc(N=C(CC2=CC=CC2)c2c(C)cccc2C)cc1. The Labute approximate surface area is 144 Å². The second kappa shape index (κ2) is 7.31. The van der Waals surface area contributed by atoms with Crippen LogP contribution in [0.15, 0.2) is 71.3 Å². The Morgan fingerprint density at radius 3 is 2.33 bits per heavy atom. The highest BCUT2D eigenvalue weighted by atomic mass is 16.5. The van der Waals surface area contributed by atoms with Crippen LogP contribution in [-0.2, 0) is 0 Å². The third-order valence-corrected chi connectivity index (χ3v) is 4.35. The number of hydrogen-bond donors (Lipinski definition) is 0. The second-order valence-electron chi connectivity index (χ2n) is 6.16. The molecule has 0 saturated heterocycles. The zero-order chi connectivity index (χ0) is 16.9. The Morgan fingerprint density at radius 1 is 1.04 bits per heavy atom. The molecule has 24 heavy (non-hydrogen) atoms. The quantitative estimate of drug-likeness (QED) is 0.647. The largest absolute Gasteiger partial charge is 0.497 e. The van der Waals surface area contributed by atoms with Crippen molar-refractivity contribution in [3.05, 3.63) is 83.0 Å². The van der Waals surface area contributed by atoms with Crippen LogP contribution in [0.1, 0.15) is 29.5 Å². The van der Waals surface area contributed by atoms with Crippen molar-refractivity contribution in [2.45, 2.75) is 26.7 Å². The molecule has 3 rings (SSSR count). The highest BCUT2D eigenvalue weighted by Crippen LogP contribution is 2.26. The fourth-order valence-corrected chi connectivity index (χ4v) is 3.10. The first-order valence-corrected chi connectivity index (χ1v) is 8.30. The van der Waals surface area contributed by atoms with Gasteiger partial charge in [0.2, 0.25) is 0 Å². The monoisotopic (exact) mass is 317 g/mol. The van der Waals surface area contributed by atoms with Crippen LogP contribution in [0.25, 0.3) is 0 Å². The van der Waals surface area contributed by atoms with Crippen LogP contribution in [0.3, 0.4) is 0 Å². The molecule has 0 bridgehead atoms. The molecule has 0 saturated carbocycles. The van der Waals surface area contributed by atoms with E-state index in [0.29, 0.717) is 0 Å². The van der Waals surface area contributed by atoms with Crippen molar-refractivity contribution >= 4 is 11.4 Å². The van der Waals surface area contributed by atoms with E-state index in [4.69, 9.17) is 9.73 Å². The third-order valence-electron chi connectivity index (χ3n) is 4.35. The zero-order valence-electron chi connectivity index (χ0n) is 14.5. The zero-order valence-corrected chi connectivity index (χ0v) is 14.5. The van der Waals surface area contributed by atoms with Crippen LogP contribution in [0.4, 0.5) is 5.69 Å². The normalized spacial score (nSPS) is 14.0. The van der Waals surface area contributed by atoms with E-state index in [1.807, 2.05) is 24.3 Å². The molecule has 0 atom stereocenters. The van der Waals surface area contributed by atoms with Crippen molar-refractivity contribution < 1.29 is 4.74 Å². The predicted molar refractivity (Wildman–Crippen MR) is 102 cm³/mol. The number of hydrogen-bond acceptors (Lipinski definition) is 2. The van der Waals surface area contributed by atoms with E-state index in [-0.39, 0.29) is 0 Å². The maximum Gasteiger partial charge on any atom is 0.119 e. The number of methoxy groups -OCH3 is 1. The standard InChI is InChI=1S/C22H23NO/c1-16-7-6-8-17(2)22(16)21(15-18-9-4-5-10-18)23-19-11-13-20(24-3)14-12-19/h4-9,11-14H,10,15H2,1-3H3. The summed E-state index contributed by atoms with van der Waals surface area (Å²) >= 11 is 0. The van der Waals surface area contributed by atoms with E-state index in [1.54, 1.807) is 7.11 Å². The molecule has 122 valence electrons. The number of allylic oxidation sites excluding steroid dienone is 4. The van der Waals surface area contributed by atoms with Gasteiger partial charge in [-0.1, -0.05) is 42.0 Å². The van der Waals surface area contributed by atoms with Crippen LogP contribution in [0.5, 0.6) is 5.75 Å². The van der Waals surface area contributed by atoms with Gasteiger partial charge in [-0.15, -0.1) is 0 Å². The maximum absolute atomic E-state index is 5.24. The molecule has 2 aromatic rings. The maximum atomic E-state index is 5.24. The lowest BCUT2D eigenvalue weighted by Crippen LogP contribution is -2.07. The molecule has 0 unspecified atom stereocenters. The minimum absolute atomic E-state index is 0.852. The average Bonchev–Trinajstić information content (AvgIpc) is 3.08. The molecule has 0 amide bonds. The molecule has 1 aliphatic rings. The first kappa shape index (κ1) is 16.3. The summed E-state index contributed by atoms with van der Waals surface area (Å²) in [5.74, 6) is 0.852. The van der Waals surface area contributed by atoms with Gasteiger partial charge in [-0.3, -0.25) is 4.99 Å². The van der Waals surface area contributed by atoms with E-state index >= 15 is 0 Å². The van der Waals surface area contributed by atoms with Crippen molar-refractivity contribution in [3.63, 3.8) is 0 Å². The summed E-state index contributed by atoms with van der Waals surface area (Å²) in [6.07, 6.45) is 8.44. The predicted octanol–water partition coefficient (Wildman–Crippen LogP) is 5.71. The smallest absolute Gasteiger partial charge is 0.119 e. The van der Waals surface area contributed by atoms with Gasteiger partial charge in [0.15, 0.2) is 0 Å². The number of nitrogens with zero attached hydrogens (tertiary/aromatic N) is 1. The summed E-state index contributed by atoms with van der Waals surface area (Å²) < 4.78 is 5.24. The van der Waals surface area contributed by atoms with E-state index in [0.717, 1.165) is 30.0 Å². The Balaban J connectivity index is 2.02. The topological polar surface area (TPSA) is 21.6 Å².